The molecule has 0 aliphatic carbocycles. The quantitative estimate of drug-likeness (QED) is 0.0321. The monoisotopic (exact) mass is 914 g/mol. The molecule has 0 aromatic carbocycles. The second-order valence-electron chi connectivity index (χ2n) is 19.6. The number of carbonyl (C=O) groups is 2. The van der Waals surface area contributed by atoms with Gasteiger partial charge in [0.05, 0.1) is 25.4 Å². The van der Waals surface area contributed by atoms with Crippen molar-refractivity contribution in [3.8, 4) is 0 Å². The van der Waals surface area contributed by atoms with Gasteiger partial charge in [0.15, 0.2) is 0 Å². The fourth-order valence-corrected chi connectivity index (χ4v) is 8.73. The van der Waals surface area contributed by atoms with Gasteiger partial charge in [0, 0.05) is 12.8 Å². The van der Waals surface area contributed by atoms with Crippen LogP contribution in [0.15, 0.2) is 36.5 Å². The number of allylic oxidation sites excluding steroid dienone is 5. The van der Waals surface area contributed by atoms with Gasteiger partial charge >= 0.3 is 5.97 Å². The first kappa shape index (κ1) is 63.1. The Kier molecular flexibility index (Phi) is 53.1. The van der Waals surface area contributed by atoms with Crippen molar-refractivity contribution in [3.63, 3.8) is 0 Å². The molecule has 0 fully saturated rings. The van der Waals surface area contributed by atoms with E-state index in [1.807, 2.05) is 6.08 Å². The largest absolute Gasteiger partial charge is 0.466 e. The lowest BCUT2D eigenvalue weighted by molar-refractivity contribution is -0.143. The van der Waals surface area contributed by atoms with Crippen LogP contribution in [0.3, 0.4) is 0 Å². The van der Waals surface area contributed by atoms with Gasteiger partial charge in [-0.05, 0) is 57.8 Å². The SMILES string of the molecule is CCC/C=C\C/C=C\CCCCCCCC(=O)OCCCCCCCCCCCCCCCCCCCCCCCCCCCCC(=O)NC(CO)C(O)/C=C/CCCCCCCCC. The molecule has 0 aromatic rings. The number of rotatable bonds is 53. The Morgan fingerprint density at radius 2 is 0.800 bits per heavy atom. The van der Waals surface area contributed by atoms with Crippen molar-refractivity contribution >= 4 is 11.9 Å². The molecule has 6 nitrogen and oxygen atoms in total. The average Bonchev–Trinajstić information content (AvgIpc) is 3.31. The maximum absolute atomic E-state index is 12.4. The lowest BCUT2D eigenvalue weighted by Gasteiger charge is -2.20. The molecule has 0 spiro atoms. The Morgan fingerprint density at radius 1 is 0.431 bits per heavy atom. The molecule has 382 valence electrons. The smallest absolute Gasteiger partial charge is 0.305 e. The molecule has 6 heteroatoms. The van der Waals surface area contributed by atoms with Crippen LogP contribution in [-0.2, 0) is 14.3 Å². The summed E-state index contributed by atoms with van der Waals surface area (Å²) in [4.78, 5) is 24.4. The van der Waals surface area contributed by atoms with Crippen molar-refractivity contribution in [2.24, 2.45) is 0 Å². The average molecular weight is 915 g/mol. The Bertz CT molecular complexity index is 1060. The molecule has 0 saturated carbocycles. The first-order valence-corrected chi connectivity index (χ1v) is 28.8. The van der Waals surface area contributed by atoms with Crippen molar-refractivity contribution in [1.82, 2.24) is 5.32 Å². The topological polar surface area (TPSA) is 95.9 Å². The van der Waals surface area contributed by atoms with Crippen LogP contribution in [0.25, 0.3) is 0 Å². The summed E-state index contributed by atoms with van der Waals surface area (Å²) in [5.41, 5.74) is 0. The van der Waals surface area contributed by atoms with Crippen LogP contribution in [0.5, 0.6) is 0 Å². The van der Waals surface area contributed by atoms with Crippen LogP contribution in [0.1, 0.15) is 303 Å². The van der Waals surface area contributed by atoms with E-state index >= 15 is 0 Å². The third-order valence-corrected chi connectivity index (χ3v) is 13.1. The van der Waals surface area contributed by atoms with Crippen molar-refractivity contribution in [2.45, 2.75) is 315 Å². The van der Waals surface area contributed by atoms with Crippen LogP contribution in [0.4, 0.5) is 0 Å². The number of nitrogens with one attached hydrogen (secondary N) is 1. The number of ether oxygens (including phenoxy) is 1. The van der Waals surface area contributed by atoms with Gasteiger partial charge in [0.2, 0.25) is 5.91 Å². The Balaban J connectivity index is 3.34. The lowest BCUT2D eigenvalue weighted by atomic mass is 10.0. The highest BCUT2D eigenvalue weighted by Gasteiger charge is 2.18. The first-order valence-electron chi connectivity index (χ1n) is 28.8. The van der Waals surface area contributed by atoms with Crippen LogP contribution in [-0.4, -0.2) is 47.4 Å². The minimum absolute atomic E-state index is 0.000961. The Labute approximate surface area is 404 Å². The van der Waals surface area contributed by atoms with E-state index in [2.05, 4.69) is 43.5 Å². The van der Waals surface area contributed by atoms with Crippen LogP contribution >= 0.6 is 0 Å². The summed E-state index contributed by atoms with van der Waals surface area (Å²) in [6, 6.07) is -0.624. The van der Waals surface area contributed by atoms with Crippen molar-refractivity contribution < 1.29 is 24.5 Å². The highest BCUT2D eigenvalue weighted by atomic mass is 16.5. The summed E-state index contributed by atoms with van der Waals surface area (Å²) < 4.78 is 5.47. The number of carbonyl (C=O) groups excluding carboxylic acids is 2. The van der Waals surface area contributed by atoms with E-state index in [4.69, 9.17) is 4.74 Å². The maximum Gasteiger partial charge on any atom is 0.305 e. The van der Waals surface area contributed by atoms with Gasteiger partial charge in [-0.25, -0.2) is 0 Å². The van der Waals surface area contributed by atoms with Gasteiger partial charge in [-0.1, -0.05) is 269 Å². The maximum atomic E-state index is 12.4. The molecular weight excluding hydrogens is 803 g/mol. The minimum Gasteiger partial charge on any atom is -0.466 e. The highest BCUT2D eigenvalue weighted by molar-refractivity contribution is 5.76. The lowest BCUT2D eigenvalue weighted by Crippen LogP contribution is -2.45. The second-order valence-corrected chi connectivity index (χ2v) is 19.6. The van der Waals surface area contributed by atoms with Gasteiger partial charge in [-0.3, -0.25) is 9.59 Å². The van der Waals surface area contributed by atoms with Gasteiger partial charge in [-0.15, -0.1) is 0 Å². The van der Waals surface area contributed by atoms with Crippen molar-refractivity contribution in [2.75, 3.05) is 13.2 Å². The van der Waals surface area contributed by atoms with E-state index in [0.29, 0.717) is 19.4 Å². The molecule has 65 heavy (non-hydrogen) atoms. The van der Waals surface area contributed by atoms with Crippen LogP contribution in [0, 0.1) is 0 Å². The fraction of sp³-hybridized carbons (Fsp3) is 0.864. The van der Waals surface area contributed by atoms with E-state index < -0.39 is 12.1 Å². The molecule has 2 unspecified atom stereocenters. The molecular formula is C59H111NO5. The Hall–Kier alpha value is -1.92. The zero-order valence-corrected chi connectivity index (χ0v) is 43.5. The zero-order valence-electron chi connectivity index (χ0n) is 43.5. The zero-order chi connectivity index (χ0) is 47.2. The molecule has 3 N–H and O–H groups in total. The van der Waals surface area contributed by atoms with Crippen LogP contribution < -0.4 is 5.32 Å². The number of esters is 1. The van der Waals surface area contributed by atoms with E-state index in [9.17, 15) is 19.8 Å². The van der Waals surface area contributed by atoms with Crippen molar-refractivity contribution in [3.05, 3.63) is 36.5 Å². The predicted molar refractivity (Wildman–Crippen MR) is 283 cm³/mol. The van der Waals surface area contributed by atoms with Crippen molar-refractivity contribution in [1.29, 1.82) is 0 Å². The predicted octanol–water partition coefficient (Wildman–Crippen LogP) is 17.6. The molecule has 2 atom stereocenters. The number of aliphatic hydroxyl groups excluding tert-OH is 2. The normalized spacial score (nSPS) is 12.9. The van der Waals surface area contributed by atoms with E-state index in [0.717, 1.165) is 51.4 Å². The van der Waals surface area contributed by atoms with E-state index in [1.165, 1.54) is 225 Å². The number of hydrogen-bond acceptors (Lipinski definition) is 5. The first-order chi connectivity index (χ1) is 32.0. The summed E-state index contributed by atoms with van der Waals surface area (Å²) in [6.07, 6.45) is 67.6. The number of amides is 1. The second kappa shape index (κ2) is 54.7. The molecule has 1 amide bonds. The van der Waals surface area contributed by atoms with Crippen LogP contribution in [0.2, 0.25) is 0 Å². The van der Waals surface area contributed by atoms with Gasteiger partial charge in [0.1, 0.15) is 0 Å². The fourth-order valence-electron chi connectivity index (χ4n) is 8.73. The summed E-state index contributed by atoms with van der Waals surface area (Å²) in [6.45, 7) is 4.81. The molecule has 0 aromatic heterocycles. The molecule has 0 rings (SSSR count). The summed E-state index contributed by atoms with van der Waals surface area (Å²) in [5.74, 6) is -0.0675. The summed E-state index contributed by atoms with van der Waals surface area (Å²) in [5, 5.41) is 22.9. The molecule has 0 bridgehead atoms. The molecule has 0 aliphatic heterocycles. The third-order valence-electron chi connectivity index (χ3n) is 13.1. The third kappa shape index (κ3) is 51.3. The number of aliphatic hydroxyl groups is 2. The standard InChI is InChI=1S/C59H111NO5/c1-3-5-7-9-11-13-14-29-33-37-41-45-49-53-59(64)65-54-50-46-42-38-34-31-28-26-24-22-20-18-16-15-17-19-21-23-25-27-30-32-36-40-44-48-52-58(63)60-56(55-61)57(62)51-47-43-39-35-12-10-8-6-4-2/h7,9,13-14,47,51,56-57,61-62H,3-6,8,10-12,15-46,48-50,52-55H2,1-2H3,(H,60,63)/b9-7-,14-13-,51-47+. The summed E-state index contributed by atoms with van der Waals surface area (Å²) in [7, 11) is 0. The van der Waals surface area contributed by atoms with Gasteiger partial charge < -0.3 is 20.3 Å². The van der Waals surface area contributed by atoms with Gasteiger partial charge in [-0.2, -0.15) is 0 Å². The Morgan fingerprint density at radius 3 is 1.23 bits per heavy atom. The van der Waals surface area contributed by atoms with E-state index in [-0.39, 0.29) is 18.5 Å². The van der Waals surface area contributed by atoms with E-state index in [1.54, 1.807) is 6.08 Å². The molecule has 0 heterocycles. The minimum atomic E-state index is -0.840. The molecule has 0 saturated heterocycles. The number of hydrogen-bond donors (Lipinski definition) is 3. The number of unbranched alkanes of at least 4 members (excludes halogenated alkanes) is 38. The van der Waals surface area contributed by atoms with Gasteiger partial charge in [0.25, 0.3) is 0 Å². The summed E-state index contributed by atoms with van der Waals surface area (Å²) >= 11 is 0. The molecule has 0 aliphatic rings. The highest BCUT2D eigenvalue weighted by Crippen LogP contribution is 2.17. The molecule has 0 radical (unpaired) electrons.